The summed E-state index contributed by atoms with van der Waals surface area (Å²) >= 11 is 1.14. The second kappa shape index (κ2) is 17.2. The maximum atomic E-state index is 11.2. The molecule has 0 heterocycles. The van der Waals surface area contributed by atoms with Gasteiger partial charge in [0.2, 0.25) is 0 Å². The average molecular weight is 554 g/mol. The van der Waals surface area contributed by atoms with Crippen LogP contribution < -0.4 is 4.74 Å². The van der Waals surface area contributed by atoms with Crippen molar-refractivity contribution in [2.75, 3.05) is 39.5 Å². The van der Waals surface area contributed by atoms with E-state index in [-0.39, 0.29) is 18.3 Å². The van der Waals surface area contributed by atoms with Gasteiger partial charge in [-0.25, -0.2) is 0 Å². The van der Waals surface area contributed by atoms with Gasteiger partial charge in [-0.15, -0.1) is 0 Å². The lowest BCUT2D eigenvalue weighted by molar-refractivity contribution is -0.130. The van der Waals surface area contributed by atoms with Crippen LogP contribution in [0.1, 0.15) is 12.5 Å². The van der Waals surface area contributed by atoms with Crippen LogP contribution in [-0.2, 0) is 10.5 Å². The van der Waals surface area contributed by atoms with Gasteiger partial charge in [-0.1, -0.05) is 23.9 Å². The number of hydrogen-bond acceptors (Lipinski definition) is 14. The Morgan fingerprint density at radius 2 is 1.32 bits per heavy atom. The lowest BCUT2D eigenvalue weighted by atomic mass is 10.0. The molecule has 1 aromatic rings. The van der Waals surface area contributed by atoms with Crippen LogP contribution in [0.4, 0.5) is 0 Å². The van der Waals surface area contributed by atoms with Crippen molar-refractivity contribution >= 4 is 16.9 Å². The summed E-state index contributed by atoms with van der Waals surface area (Å²) in [6.07, 6.45) is -14.2. The zero-order valence-electron chi connectivity index (χ0n) is 20.5. The maximum absolute atomic E-state index is 11.2. The Labute approximate surface area is 219 Å². The molecule has 1 aromatic carbocycles. The fraction of sp³-hybridized carbons (Fsp3) is 0.696. The molecule has 37 heavy (non-hydrogen) atoms. The van der Waals surface area contributed by atoms with Crippen molar-refractivity contribution in [3.63, 3.8) is 0 Å². The number of aliphatic hydroxyl groups is 10. The summed E-state index contributed by atoms with van der Waals surface area (Å²) in [5.41, 5.74) is 0.847. The number of thioether (sulfide) groups is 1. The van der Waals surface area contributed by atoms with E-state index in [4.69, 9.17) is 14.9 Å². The summed E-state index contributed by atoms with van der Waals surface area (Å²) in [5.74, 6) is 0.933. The molecule has 0 aliphatic heterocycles. The highest BCUT2D eigenvalue weighted by Crippen LogP contribution is 2.19. The van der Waals surface area contributed by atoms with Crippen LogP contribution in [0.2, 0.25) is 0 Å². The normalized spacial score (nSPS) is 18.5. The van der Waals surface area contributed by atoms with E-state index in [2.05, 4.69) is 0 Å². The van der Waals surface area contributed by atoms with Crippen molar-refractivity contribution in [2.24, 2.45) is 0 Å². The number of rotatable bonds is 18. The van der Waals surface area contributed by atoms with Crippen molar-refractivity contribution in [3.8, 4) is 5.75 Å². The third-order valence-electron chi connectivity index (χ3n) is 5.56. The number of carbonyl (C=O) groups excluding carboxylic acids is 1. The van der Waals surface area contributed by atoms with Crippen LogP contribution in [0.3, 0.4) is 0 Å². The second-order valence-corrected chi connectivity index (χ2v) is 9.78. The first-order valence-electron chi connectivity index (χ1n) is 11.6. The summed E-state index contributed by atoms with van der Waals surface area (Å²) in [4.78, 5) is 12.5. The quantitative estimate of drug-likeness (QED) is 0.0835. The van der Waals surface area contributed by atoms with Gasteiger partial charge in [0.05, 0.1) is 25.4 Å². The Morgan fingerprint density at radius 3 is 1.78 bits per heavy atom. The summed E-state index contributed by atoms with van der Waals surface area (Å²) in [6, 6.07) is 6.98. The molecule has 0 spiro atoms. The fourth-order valence-corrected chi connectivity index (χ4v) is 3.88. The first-order valence-corrected chi connectivity index (χ1v) is 12.6. The average Bonchev–Trinajstić information content (AvgIpc) is 2.89. The molecule has 0 radical (unpaired) electrons. The first-order chi connectivity index (χ1) is 17.4. The molecule has 0 unspecified atom stereocenters. The predicted molar refractivity (Wildman–Crippen MR) is 133 cm³/mol. The van der Waals surface area contributed by atoms with Crippen LogP contribution >= 0.6 is 11.8 Å². The van der Waals surface area contributed by atoms with E-state index >= 15 is 0 Å². The van der Waals surface area contributed by atoms with Gasteiger partial charge in [-0.2, -0.15) is 0 Å². The molecule has 10 N–H and O–H groups in total. The first kappa shape index (κ1) is 33.6. The minimum atomic E-state index is -1.87. The van der Waals surface area contributed by atoms with Crippen LogP contribution in [0.5, 0.6) is 5.75 Å². The molecule has 0 fully saturated rings. The van der Waals surface area contributed by atoms with Gasteiger partial charge in [0, 0.05) is 32.3 Å². The Bertz CT molecular complexity index is 760. The number of aliphatic hydroxyl groups excluding tert-OH is 10. The van der Waals surface area contributed by atoms with Crippen molar-refractivity contribution in [3.05, 3.63) is 29.8 Å². The molecule has 0 aliphatic rings. The third-order valence-corrected chi connectivity index (χ3v) is 6.44. The number of ether oxygens (including phenoxy) is 1. The molecule has 1 rings (SSSR count). The van der Waals surface area contributed by atoms with Gasteiger partial charge in [-0.05, 0) is 17.7 Å². The van der Waals surface area contributed by atoms with Crippen molar-refractivity contribution in [1.29, 1.82) is 0 Å². The molecule has 0 aromatic heterocycles. The number of nitrogens with zero attached hydrogens (tertiary/aromatic N) is 1. The van der Waals surface area contributed by atoms with Crippen molar-refractivity contribution in [2.45, 2.75) is 61.5 Å². The van der Waals surface area contributed by atoms with Gasteiger partial charge in [0.15, 0.2) is 5.12 Å². The Kier molecular flexibility index (Phi) is 15.7. The second-order valence-electron chi connectivity index (χ2n) is 8.63. The summed E-state index contributed by atoms with van der Waals surface area (Å²) < 4.78 is 5.71. The molecule has 14 heteroatoms. The molecule has 0 amide bonds. The predicted octanol–water partition coefficient (Wildman–Crippen LogP) is -3.98. The Hall–Kier alpha value is -1.40. The Balaban J connectivity index is 2.87. The van der Waals surface area contributed by atoms with Crippen molar-refractivity contribution in [1.82, 2.24) is 4.90 Å². The number of benzene rings is 1. The van der Waals surface area contributed by atoms with Gasteiger partial charge < -0.3 is 55.8 Å². The van der Waals surface area contributed by atoms with E-state index in [1.165, 1.54) is 11.8 Å². The molecule has 0 saturated carbocycles. The number of carbonyl (C=O) groups is 1. The molecule has 0 aliphatic carbocycles. The van der Waals surface area contributed by atoms with E-state index in [0.29, 0.717) is 11.5 Å². The van der Waals surface area contributed by atoms with E-state index in [0.717, 1.165) is 17.3 Å². The van der Waals surface area contributed by atoms with Crippen LogP contribution in [-0.4, -0.2) is 149 Å². The molecule has 0 bridgehead atoms. The molecular weight excluding hydrogens is 514 g/mol. The van der Waals surface area contributed by atoms with E-state index in [1.54, 1.807) is 18.2 Å². The van der Waals surface area contributed by atoms with Gasteiger partial charge in [0.1, 0.15) is 49.0 Å². The summed E-state index contributed by atoms with van der Waals surface area (Å²) in [7, 11) is 0. The molecule has 214 valence electrons. The Morgan fingerprint density at radius 1 is 0.838 bits per heavy atom. The zero-order valence-corrected chi connectivity index (χ0v) is 21.3. The van der Waals surface area contributed by atoms with Crippen LogP contribution in [0, 0.1) is 0 Å². The number of hydrogen-bond donors (Lipinski definition) is 10. The minimum absolute atomic E-state index is 0.00142. The zero-order chi connectivity index (χ0) is 28.1. The van der Waals surface area contributed by atoms with Gasteiger partial charge in [-0.3, -0.25) is 9.69 Å². The monoisotopic (exact) mass is 553 g/mol. The van der Waals surface area contributed by atoms with E-state index in [9.17, 15) is 45.6 Å². The van der Waals surface area contributed by atoms with E-state index < -0.39 is 75.1 Å². The summed E-state index contributed by atoms with van der Waals surface area (Å²) in [6.45, 7) is -1.03. The topological polar surface area (TPSA) is 232 Å². The minimum Gasteiger partial charge on any atom is -0.492 e. The highest BCUT2D eigenvalue weighted by atomic mass is 32.2. The third kappa shape index (κ3) is 11.9. The van der Waals surface area contributed by atoms with Crippen LogP contribution in [0.25, 0.3) is 0 Å². The summed E-state index contributed by atoms with van der Waals surface area (Å²) in [5, 5.41) is 97.6. The van der Waals surface area contributed by atoms with Gasteiger partial charge in [0.25, 0.3) is 0 Å². The standard InChI is InChI=1S/C23H39NO12S/c1-13(27)37-12-14-3-2-4-15(7-14)36-6-5-24(8-16(28)20(32)22(34)18(30)10-25)9-17(29)21(33)23(35)19(31)11-26/h2-4,7,16-23,25-26,28-35H,5-6,8-12H2,1H3/t16-,17-,18+,19+,20+,21+,22+,23+/m0/s1. The molecule has 13 nitrogen and oxygen atoms in total. The molecule has 8 atom stereocenters. The molecular formula is C23H39NO12S. The SMILES string of the molecule is CC(=O)SCc1cccc(OCCN(C[C@H](O)[C@@H](O)[C@H](O)[C@H](O)CO)C[C@H](O)[C@@H](O)[C@H](O)[C@H](O)CO)c1. The van der Waals surface area contributed by atoms with Gasteiger partial charge >= 0.3 is 0 Å². The smallest absolute Gasteiger partial charge is 0.186 e. The molecule has 0 saturated heterocycles. The highest BCUT2D eigenvalue weighted by Gasteiger charge is 2.34. The largest absolute Gasteiger partial charge is 0.492 e. The highest BCUT2D eigenvalue weighted by molar-refractivity contribution is 8.12. The maximum Gasteiger partial charge on any atom is 0.186 e. The van der Waals surface area contributed by atoms with Crippen molar-refractivity contribution < 1.29 is 60.6 Å². The fourth-order valence-electron chi connectivity index (χ4n) is 3.33. The lowest BCUT2D eigenvalue weighted by Crippen LogP contribution is -2.53. The van der Waals surface area contributed by atoms with Crippen LogP contribution in [0.15, 0.2) is 24.3 Å². The lowest BCUT2D eigenvalue weighted by Gasteiger charge is -2.33. The van der Waals surface area contributed by atoms with E-state index in [1.807, 2.05) is 6.07 Å².